The summed E-state index contributed by atoms with van der Waals surface area (Å²) in [5, 5.41) is 10.1. The molecule has 7 nitrogen and oxygen atoms in total. The summed E-state index contributed by atoms with van der Waals surface area (Å²) < 4.78 is 1.72. The normalized spacial score (nSPS) is 12.3. The van der Waals surface area contributed by atoms with E-state index >= 15 is 0 Å². The fourth-order valence-electron chi connectivity index (χ4n) is 2.57. The molecule has 4 N–H and O–H groups in total. The van der Waals surface area contributed by atoms with Crippen LogP contribution in [0.25, 0.3) is 5.69 Å². The first-order chi connectivity index (χ1) is 13.0. The van der Waals surface area contributed by atoms with Gasteiger partial charge in [-0.05, 0) is 30.5 Å². The summed E-state index contributed by atoms with van der Waals surface area (Å²) in [6.07, 6.45) is 0. The number of hydrogen-bond acceptors (Lipinski definition) is 4. The van der Waals surface area contributed by atoms with E-state index in [1.54, 1.807) is 4.68 Å². The zero-order valence-corrected chi connectivity index (χ0v) is 18.8. The van der Waals surface area contributed by atoms with E-state index in [4.69, 9.17) is 5.73 Å². The summed E-state index contributed by atoms with van der Waals surface area (Å²) in [5.41, 5.74) is 8.44. The molecule has 29 heavy (non-hydrogen) atoms. The van der Waals surface area contributed by atoms with Crippen molar-refractivity contribution in [2.24, 2.45) is 11.7 Å². The highest BCUT2D eigenvalue weighted by atomic mass is 35.5. The van der Waals surface area contributed by atoms with Crippen molar-refractivity contribution in [1.29, 1.82) is 0 Å². The van der Waals surface area contributed by atoms with Crippen molar-refractivity contribution in [3.8, 4) is 5.69 Å². The van der Waals surface area contributed by atoms with Gasteiger partial charge in [-0.3, -0.25) is 9.59 Å². The van der Waals surface area contributed by atoms with Crippen molar-refractivity contribution in [1.82, 2.24) is 15.1 Å². The Labute approximate surface area is 178 Å². The van der Waals surface area contributed by atoms with Crippen molar-refractivity contribution in [3.63, 3.8) is 0 Å². The zero-order chi connectivity index (χ0) is 21.1. The molecule has 0 bridgehead atoms. The number of amides is 2. The second-order valence-electron chi connectivity index (χ2n) is 8.45. The molecule has 1 aromatic heterocycles. The molecule has 2 rings (SSSR count). The van der Waals surface area contributed by atoms with Gasteiger partial charge in [-0.1, -0.05) is 46.8 Å². The fourth-order valence-corrected chi connectivity index (χ4v) is 2.57. The first kappa shape index (κ1) is 24.7. The maximum absolute atomic E-state index is 12.4. The largest absolute Gasteiger partial charge is 0.346 e. The van der Waals surface area contributed by atoms with Gasteiger partial charge in [-0.25, -0.2) is 4.68 Å². The van der Waals surface area contributed by atoms with Crippen LogP contribution in [0.3, 0.4) is 0 Å². The van der Waals surface area contributed by atoms with E-state index in [2.05, 4.69) is 36.5 Å². The molecule has 0 fully saturated rings. The molecule has 0 aliphatic carbocycles. The van der Waals surface area contributed by atoms with Crippen LogP contribution in [0.4, 0.5) is 5.82 Å². The van der Waals surface area contributed by atoms with Crippen LogP contribution in [0.15, 0.2) is 30.3 Å². The topological polar surface area (TPSA) is 102 Å². The number of rotatable bonds is 6. The van der Waals surface area contributed by atoms with Gasteiger partial charge in [-0.2, -0.15) is 5.10 Å². The number of carbonyl (C=O) groups excluding carboxylic acids is 2. The van der Waals surface area contributed by atoms with Crippen LogP contribution in [-0.2, 0) is 15.0 Å². The minimum atomic E-state index is -0.641. The lowest BCUT2D eigenvalue weighted by Gasteiger charge is -2.15. The first-order valence-electron chi connectivity index (χ1n) is 9.49. The number of anilines is 1. The Kier molecular flexibility index (Phi) is 8.41. The molecule has 8 heteroatoms. The van der Waals surface area contributed by atoms with Crippen LogP contribution in [0.2, 0.25) is 0 Å². The monoisotopic (exact) mass is 421 g/mol. The molecule has 0 aliphatic rings. The van der Waals surface area contributed by atoms with Crippen molar-refractivity contribution in [2.75, 3.05) is 11.9 Å². The summed E-state index contributed by atoms with van der Waals surface area (Å²) in [6, 6.07) is 9.11. The van der Waals surface area contributed by atoms with E-state index in [0.29, 0.717) is 5.82 Å². The molecule has 0 saturated heterocycles. The van der Waals surface area contributed by atoms with E-state index < -0.39 is 6.04 Å². The Hall–Kier alpha value is -2.38. The van der Waals surface area contributed by atoms with Gasteiger partial charge in [-0.15, -0.1) is 12.4 Å². The average Bonchev–Trinajstić information content (AvgIpc) is 3.03. The van der Waals surface area contributed by atoms with Gasteiger partial charge in [0.25, 0.3) is 0 Å². The standard InChI is InChI=1S/C21H31N5O2.ClH/c1-13(2)19(22)20(28)23-12-18(27)24-17-11-16(21(4,5)6)25-26(17)15-9-7-8-14(3)10-15;/h7-11,13,19H,12,22H2,1-6H3,(H,23,28)(H,24,27);1H/t19-;/m0./s1. The van der Waals surface area contributed by atoms with Crippen LogP contribution in [0.5, 0.6) is 0 Å². The lowest BCUT2D eigenvalue weighted by Crippen LogP contribution is -2.46. The van der Waals surface area contributed by atoms with Crippen LogP contribution in [-0.4, -0.2) is 34.2 Å². The Balaban J connectivity index is 0.00000420. The van der Waals surface area contributed by atoms with Gasteiger partial charge in [0, 0.05) is 11.5 Å². The Bertz CT molecular complexity index is 855. The van der Waals surface area contributed by atoms with Crippen molar-refractivity contribution >= 4 is 30.0 Å². The second kappa shape index (κ2) is 9.89. The summed E-state index contributed by atoms with van der Waals surface area (Å²) in [6.45, 7) is 11.8. The Morgan fingerprint density at radius 2 is 1.86 bits per heavy atom. The number of aryl methyl sites for hydroxylation is 1. The number of aromatic nitrogens is 2. The third-order valence-corrected chi connectivity index (χ3v) is 4.44. The minimum Gasteiger partial charge on any atom is -0.346 e. The van der Waals surface area contributed by atoms with Gasteiger partial charge >= 0.3 is 0 Å². The van der Waals surface area contributed by atoms with Crippen molar-refractivity contribution < 1.29 is 9.59 Å². The predicted octanol–water partition coefficient (Wildman–Crippen LogP) is 2.94. The highest BCUT2D eigenvalue weighted by Gasteiger charge is 2.22. The van der Waals surface area contributed by atoms with E-state index in [1.807, 2.05) is 51.1 Å². The molecule has 2 aromatic rings. The number of benzene rings is 1. The molecule has 0 saturated carbocycles. The smallest absolute Gasteiger partial charge is 0.244 e. The maximum atomic E-state index is 12.4. The highest BCUT2D eigenvalue weighted by Crippen LogP contribution is 2.26. The lowest BCUT2D eigenvalue weighted by molar-refractivity contribution is -0.125. The minimum absolute atomic E-state index is 0. The molecule has 2 amide bonds. The molecule has 160 valence electrons. The fraction of sp³-hybridized carbons (Fsp3) is 0.476. The number of nitrogens with two attached hydrogens (primary N) is 1. The maximum Gasteiger partial charge on any atom is 0.244 e. The molecular weight excluding hydrogens is 390 g/mol. The van der Waals surface area contributed by atoms with E-state index in [0.717, 1.165) is 16.9 Å². The number of carbonyl (C=O) groups is 2. The van der Waals surface area contributed by atoms with Gasteiger partial charge in [0.15, 0.2) is 0 Å². The van der Waals surface area contributed by atoms with Crippen LogP contribution in [0, 0.1) is 12.8 Å². The number of hydrogen-bond donors (Lipinski definition) is 3. The molecule has 0 spiro atoms. The molecule has 0 aliphatic heterocycles. The number of nitrogens with one attached hydrogen (secondary N) is 2. The predicted molar refractivity (Wildman–Crippen MR) is 119 cm³/mol. The highest BCUT2D eigenvalue weighted by molar-refractivity contribution is 5.95. The third-order valence-electron chi connectivity index (χ3n) is 4.44. The third kappa shape index (κ3) is 6.58. The first-order valence-corrected chi connectivity index (χ1v) is 9.49. The number of nitrogens with zero attached hydrogens (tertiary/aromatic N) is 2. The molecule has 0 unspecified atom stereocenters. The van der Waals surface area contributed by atoms with Crippen LogP contribution in [0.1, 0.15) is 45.9 Å². The lowest BCUT2D eigenvalue weighted by atomic mass is 9.92. The van der Waals surface area contributed by atoms with Crippen molar-refractivity contribution in [3.05, 3.63) is 41.6 Å². The van der Waals surface area contributed by atoms with E-state index in [1.165, 1.54) is 0 Å². The van der Waals surface area contributed by atoms with Crippen LogP contribution >= 0.6 is 12.4 Å². The average molecular weight is 422 g/mol. The quantitative estimate of drug-likeness (QED) is 0.667. The molecule has 1 heterocycles. The Morgan fingerprint density at radius 1 is 1.21 bits per heavy atom. The zero-order valence-electron chi connectivity index (χ0n) is 17.9. The summed E-state index contributed by atoms with van der Waals surface area (Å²) in [7, 11) is 0. The summed E-state index contributed by atoms with van der Waals surface area (Å²) in [5.74, 6) is -0.116. The van der Waals surface area contributed by atoms with Gasteiger partial charge in [0.1, 0.15) is 5.82 Å². The molecular formula is C21H32ClN5O2. The second-order valence-corrected chi connectivity index (χ2v) is 8.45. The summed E-state index contributed by atoms with van der Waals surface area (Å²) in [4.78, 5) is 24.4. The van der Waals surface area contributed by atoms with Crippen molar-refractivity contribution in [2.45, 2.75) is 53.0 Å². The van der Waals surface area contributed by atoms with Gasteiger partial charge in [0.05, 0.1) is 24.0 Å². The van der Waals surface area contributed by atoms with Gasteiger partial charge in [0.2, 0.25) is 11.8 Å². The van der Waals surface area contributed by atoms with Gasteiger partial charge < -0.3 is 16.4 Å². The number of halogens is 1. The molecule has 1 aromatic carbocycles. The Morgan fingerprint density at radius 3 is 2.41 bits per heavy atom. The molecule has 0 radical (unpaired) electrons. The molecule has 1 atom stereocenters. The van der Waals surface area contributed by atoms with Crippen LogP contribution < -0.4 is 16.4 Å². The van der Waals surface area contributed by atoms with E-state index in [-0.39, 0.29) is 42.1 Å². The SMILES string of the molecule is Cc1cccc(-n2nc(C(C)(C)C)cc2NC(=O)CNC(=O)[C@@H](N)C(C)C)c1.Cl. The van der Waals surface area contributed by atoms with E-state index in [9.17, 15) is 9.59 Å². The summed E-state index contributed by atoms with van der Waals surface area (Å²) >= 11 is 0.